The summed E-state index contributed by atoms with van der Waals surface area (Å²) < 4.78 is 10.9. The smallest absolute Gasteiger partial charge is 0.340 e. The number of nitrogens with zero attached hydrogens (tertiary/aromatic N) is 1. The quantitative estimate of drug-likeness (QED) is 0.482. The molecule has 0 fully saturated rings. The van der Waals surface area contributed by atoms with Crippen molar-refractivity contribution in [3.8, 4) is 11.5 Å². The van der Waals surface area contributed by atoms with Gasteiger partial charge in [-0.2, -0.15) is 0 Å². The normalized spacial score (nSPS) is 11.4. The van der Waals surface area contributed by atoms with Crippen LogP contribution in [-0.2, 0) is 9.53 Å². The van der Waals surface area contributed by atoms with Gasteiger partial charge in [-0.15, -0.1) is 0 Å². The van der Waals surface area contributed by atoms with Gasteiger partial charge in [0.2, 0.25) is 0 Å². The van der Waals surface area contributed by atoms with Crippen molar-refractivity contribution in [1.82, 2.24) is 4.98 Å². The van der Waals surface area contributed by atoms with Gasteiger partial charge in [-0.1, -0.05) is 29.8 Å². The van der Waals surface area contributed by atoms with Crippen molar-refractivity contribution >= 4 is 29.2 Å². The van der Waals surface area contributed by atoms with Crippen molar-refractivity contribution in [2.45, 2.75) is 13.0 Å². The third kappa shape index (κ3) is 5.31. The Morgan fingerprint density at radius 2 is 1.64 bits per heavy atom. The first-order chi connectivity index (χ1) is 13.5. The fourth-order valence-corrected chi connectivity index (χ4v) is 2.37. The van der Waals surface area contributed by atoms with Gasteiger partial charge in [0.15, 0.2) is 6.10 Å². The van der Waals surface area contributed by atoms with Gasteiger partial charge in [-0.05, 0) is 55.5 Å². The molecule has 3 rings (SSSR count). The van der Waals surface area contributed by atoms with Gasteiger partial charge in [0.1, 0.15) is 16.7 Å². The Bertz CT molecular complexity index is 944. The van der Waals surface area contributed by atoms with Gasteiger partial charge >= 0.3 is 5.97 Å². The number of carbonyl (C=O) groups is 2. The van der Waals surface area contributed by atoms with E-state index < -0.39 is 18.0 Å². The number of hydrogen-bond donors (Lipinski definition) is 1. The molecular weight excluding hydrogens is 380 g/mol. The number of para-hydroxylation sites is 1. The van der Waals surface area contributed by atoms with Crippen LogP contribution in [0.15, 0.2) is 72.9 Å². The third-order valence-electron chi connectivity index (χ3n) is 3.72. The summed E-state index contributed by atoms with van der Waals surface area (Å²) in [6.45, 7) is 1.49. The standard InChI is InChI=1S/C21H17ClN2O4/c1-14(27-21(26)15-7-12-19(22)23-13-15)20(25)24-16-8-10-18(11-9-16)28-17-5-3-2-4-6-17/h2-14H,1H3,(H,24,25)/t14-/m1/s1. The van der Waals surface area contributed by atoms with Crippen molar-refractivity contribution in [2.24, 2.45) is 0 Å². The lowest BCUT2D eigenvalue weighted by atomic mass is 10.2. The van der Waals surface area contributed by atoms with Crippen molar-refractivity contribution in [3.63, 3.8) is 0 Å². The molecule has 142 valence electrons. The summed E-state index contributed by atoms with van der Waals surface area (Å²) in [7, 11) is 0. The van der Waals surface area contributed by atoms with Crippen molar-refractivity contribution in [3.05, 3.63) is 83.6 Å². The number of amides is 1. The molecule has 0 bridgehead atoms. The van der Waals surface area contributed by atoms with E-state index >= 15 is 0 Å². The zero-order chi connectivity index (χ0) is 19.9. The van der Waals surface area contributed by atoms with Crippen LogP contribution in [0, 0.1) is 0 Å². The number of pyridine rings is 1. The molecular formula is C21H17ClN2O4. The second-order valence-corrected chi connectivity index (χ2v) is 6.23. The third-order valence-corrected chi connectivity index (χ3v) is 3.94. The number of esters is 1. The Labute approximate surface area is 167 Å². The van der Waals surface area contributed by atoms with E-state index in [9.17, 15) is 9.59 Å². The van der Waals surface area contributed by atoms with Crippen molar-refractivity contribution < 1.29 is 19.1 Å². The van der Waals surface area contributed by atoms with Crippen LogP contribution in [0.5, 0.6) is 11.5 Å². The number of hydrogen-bond acceptors (Lipinski definition) is 5. The number of halogens is 1. The van der Waals surface area contributed by atoms with Crippen LogP contribution in [0.25, 0.3) is 0 Å². The highest BCUT2D eigenvalue weighted by molar-refractivity contribution is 6.29. The first-order valence-electron chi connectivity index (χ1n) is 8.47. The Kier molecular flexibility index (Phi) is 6.24. The number of anilines is 1. The molecule has 1 aromatic heterocycles. The number of aromatic nitrogens is 1. The van der Waals surface area contributed by atoms with Gasteiger partial charge < -0.3 is 14.8 Å². The molecule has 3 aromatic rings. The summed E-state index contributed by atoms with van der Waals surface area (Å²) in [5.41, 5.74) is 0.771. The lowest BCUT2D eigenvalue weighted by Crippen LogP contribution is -2.30. The minimum absolute atomic E-state index is 0.214. The minimum atomic E-state index is -0.983. The van der Waals surface area contributed by atoms with Crippen LogP contribution in [0.4, 0.5) is 5.69 Å². The Balaban J connectivity index is 1.54. The van der Waals surface area contributed by atoms with Crippen LogP contribution >= 0.6 is 11.6 Å². The maximum atomic E-state index is 12.3. The molecule has 0 aliphatic carbocycles. The maximum Gasteiger partial charge on any atom is 0.340 e. The van der Waals surface area contributed by atoms with E-state index in [4.69, 9.17) is 21.1 Å². The zero-order valence-electron chi connectivity index (χ0n) is 15.0. The lowest BCUT2D eigenvalue weighted by Gasteiger charge is -2.14. The highest BCUT2D eigenvalue weighted by atomic mass is 35.5. The molecule has 0 aliphatic rings. The average molecular weight is 397 g/mol. The number of rotatable bonds is 6. The summed E-state index contributed by atoms with van der Waals surface area (Å²) in [4.78, 5) is 28.1. The molecule has 28 heavy (non-hydrogen) atoms. The average Bonchev–Trinajstić information content (AvgIpc) is 2.70. The summed E-state index contributed by atoms with van der Waals surface area (Å²) in [5.74, 6) is 0.251. The summed E-state index contributed by atoms with van der Waals surface area (Å²) >= 11 is 5.68. The topological polar surface area (TPSA) is 77.5 Å². The number of ether oxygens (including phenoxy) is 2. The van der Waals surface area contributed by atoms with E-state index in [2.05, 4.69) is 10.3 Å². The second-order valence-electron chi connectivity index (χ2n) is 5.85. The molecule has 7 heteroatoms. The highest BCUT2D eigenvalue weighted by Gasteiger charge is 2.19. The summed E-state index contributed by atoms with van der Waals surface area (Å²) in [6.07, 6.45) is 0.309. The van der Waals surface area contributed by atoms with Gasteiger partial charge in [-0.25, -0.2) is 9.78 Å². The molecule has 0 radical (unpaired) electrons. The van der Waals surface area contributed by atoms with Gasteiger partial charge in [0.25, 0.3) is 5.91 Å². The van der Waals surface area contributed by atoms with Crippen LogP contribution in [0.3, 0.4) is 0 Å². The molecule has 0 spiro atoms. The van der Waals surface area contributed by atoms with Gasteiger partial charge in [-0.3, -0.25) is 4.79 Å². The molecule has 2 aromatic carbocycles. The highest BCUT2D eigenvalue weighted by Crippen LogP contribution is 2.22. The zero-order valence-corrected chi connectivity index (χ0v) is 15.7. The largest absolute Gasteiger partial charge is 0.457 e. The van der Waals surface area contributed by atoms with E-state index in [1.807, 2.05) is 30.3 Å². The van der Waals surface area contributed by atoms with Crippen LogP contribution in [0.1, 0.15) is 17.3 Å². The van der Waals surface area contributed by atoms with Crippen molar-refractivity contribution in [1.29, 1.82) is 0 Å². The predicted octanol–water partition coefficient (Wildman–Crippen LogP) is 4.71. The monoisotopic (exact) mass is 396 g/mol. The fraction of sp³-hybridized carbons (Fsp3) is 0.0952. The molecule has 6 nitrogen and oxygen atoms in total. The molecule has 1 amide bonds. The predicted molar refractivity (Wildman–Crippen MR) is 106 cm³/mol. The first-order valence-corrected chi connectivity index (χ1v) is 8.85. The first kappa shape index (κ1) is 19.4. The van der Waals surface area contributed by atoms with Crippen LogP contribution in [0.2, 0.25) is 5.15 Å². The molecule has 1 N–H and O–H groups in total. The Hall–Kier alpha value is -3.38. The van der Waals surface area contributed by atoms with E-state index in [0.29, 0.717) is 11.4 Å². The van der Waals surface area contributed by atoms with E-state index in [1.54, 1.807) is 24.3 Å². The molecule has 0 saturated carbocycles. The van der Waals surface area contributed by atoms with E-state index in [1.165, 1.54) is 25.3 Å². The van der Waals surface area contributed by atoms with Gasteiger partial charge in [0.05, 0.1) is 5.56 Å². The van der Waals surface area contributed by atoms with Gasteiger partial charge in [0, 0.05) is 11.9 Å². The summed E-state index contributed by atoms with van der Waals surface area (Å²) in [5, 5.41) is 2.96. The minimum Gasteiger partial charge on any atom is -0.457 e. The molecule has 0 aliphatic heterocycles. The Morgan fingerprint density at radius 3 is 2.29 bits per heavy atom. The van der Waals surface area contributed by atoms with Crippen LogP contribution < -0.4 is 10.1 Å². The summed E-state index contributed by atoms with van der Waals surface area (Å²) in [6, 6.07) is 19.2. The SMILES string of the molecule is C[C@@H](OC(=O)c1ccc(Cl)nc1)C(=O)Nc1ccc(Oc2ccccc2)cc1. The maximum absolute atomic E-state index is 12.3. The molecule has 1 heterocycles. The number of carbonyl (C=O) groups excluding carboxylic acids is 2. The number of benzene rings is 2. The molecule has 1 atom stereocenters. The number of nitrogens with one attached hydrogen (secondary N) is 1. The van der Waals surface area contributed by atoms with E-state index in [-0.39, 0.29) is 10.7 Å². The lowest BCUT2D eigenvalue weighted by molar-refractivity contribution is -0.123. The fourth-order valence-electron chi connectivity index (χ4n) is 2.25. The van der Waals surface area contributed by atoms with E-state index in [0.717, 1.165) is 5.75 Å². The van der Waals surface area contributed by atoms with Crippen LogP contribution in [-0.4, -0.2) is 23.0 Å². The van der Waals surface area contributed by atoms with Crippen molar-refractivity contribution in [2.75, 3.05) is 5.32 Å². The molecule has 0 unspecified atom stereocenters. The molecule has 0 saturated heterocycles. The Morgan fingerprint density at radius 1 is 0.964 bits per heavy atom. The second kappa shape index (κ2) is 9.01.